The van der Waals surface area contributed by atoms with Crippen LogP contribution >= 0.6 is 0 Å². The molecule has 16 aromatic carbocycles. The minimum absolute atomic E-state index is 0.226. The number of hydrogen-bond donors (Lipinski definition) is 0. The summed E-state index contributed by atoms with van der Waals surface area (Å²) in [6, 6.07) is 78.5. The number of fused-ring (bicyclic) bond motifs is 18. The van der Waals surface area contributed by atoms with Gasteiger partial charge in [-0.05, 0) is 228 Å². The van der Waals surface area contributed by atoms with E-state index in [9.17, 15) is 52.7 Å². The molecule has 0 amide bonds. The Morgan fingerprint density at radius 2 is 0.396 bits per heavy atom. The molecule has 1 nitrogen and oxygen atoms in total. The average Bonchev–Trinajstić information content (AvgIpc) is 1.60. The van der Waals surface area contributed by atoms with Crippen molar-refractivity contribution < 1.29 is 57.2 Å². The van der Waals surface area contributed by atoms with Crippen LogP contribution < -0.4 is 0 Å². The molecule has 0 radical (unpaired) electrons. The predicted octanol–water partition coefficient (Wildman–Crippen LogP) is 26.5. The molecule has 18 rings (SSSR count). The molecule has 1 spiro atoms. The first-order valence-electron chi connectivity index (χ1n) is 33.0. The van der Waals surface area contributed by atoms with E-state index in [0.717, 1.165) is 181 Å². The van der Waals surface area contributed by atoms with E-state index in [2.05, 4.69) is 72.8 Å². The van der Waals surface area contributed by atoms with Gasteiger partial charge in [-0.15, -0.1) is 0 Å². The van der Waals surface area contributed by atoms with Crippen LogP contribution in [0, 0.1) is 0 Å². The zero-order chi connectivity index (χ0) is 69.2. The van der Waals surface area contributed by atoms with Gasteiger partial charge in [0.2, 0.25) is 0 Å². The van der Waals surface area contributed by atoms with Crippen molar-refractivity contribution >= 4 is 86.2 Å². The SMILES string of the molecule is FC(F)(F)c1ccc2cc(-c3cc4ccccc4c4c3C[N+]3(Cc5c(-c6ccc7cc(C(F)(F)F)ccc7c6)cc6ccccc6c5-4)Cc4c(-c5ccc6cc(C(F)(F)F)ccc6c5)cc5ccccc5c4-c4c(c(-c5ccc6cc(C(F)(F)F)ccc6c5)cc5ccccc45)C3)ccc2c1. The summed E-state index contributed by atoms with van der Waals surface area (Å²) in [6.45, 7) is 1.20. The second-order valence-electron chi connectivity index (χ2n) is 27.1. The molecule has 0 bridgehead atoms. The van der Waals surface area contributed by atoms with E-state index in [-0.39, 0.29) is 4.48 Å². The normalized spacial score (nSPS) is 14.1. The highest BCUT2D eigenvalue weighted by Crippen LogP contribution is 2.57. The van der Waals surface area contributed by atoms with Crippen molar-refractivity contribution in [3.63, 3.8) is 0 Å². The molecule has 0 saturated carbocycles. The number of halogens is 12. The monoisotopic (exact) mass is 1350 g/mol. The maximum Gasteiger partial charge on any atom is 0.416 e. The Morgan fingerprint density at radius 3 is 0.614 bits per heavy atom. The lowest BCUT2D eigenvalue weighted by Crippen LogP contribution is -2.44. The fourth-order valence-electron chi connectivity index (χ4n) is 16.4. The van der Waals surface area contributed by atoms with Crippen LogP contribution in [0.3, 0.4) is 0 Å². The summed E-state index contributed by atoms with van der Waals surface area (Å²) in [6.07, 6.45) is -18.4. The number of quaternary nitrogens is 1. The smallest absolute Gasteiger partial charge is 0.308 e. The van der Waals surface area contributed by atoms with Crippen LogP contribution in [0.1, 0.15) is 44.5 Å². The highest BCUT2D eigenvalue weighted by molar-refractivity contribution is 6.15. The van der Waals surface area contributed by atoms with Crippen LogP contribution in [0.25, 0.3) is 153 Å². The van der Waals surface area contributed by atoms with Crippen LogP contribution in [-0.2, 0) is 50.9 Å². The van der Waals surface area contributed by atoms with E-state index in [1.807, 2.05) is 97.1 Å². The maximum absolute atomic E-state index is 14.4. The van der Waals surface area contributed by atoms with Gasteiger partial charge in [0.15, 0.2) is 0 Å². The van der Waals surface area contributed by atoms with Crippen molar-refractivity contribution in [2.45, 2.75) is 50.9 Å². The molecule has 2 aliphatic rings. The molecule has 0 saturated heterocycles. The van der Waals surface area contributed by atoms with Gasteiger partial charge in [-0.25, -0.2) is 0 Å². The van der Waals surface area contributed by atoms with Gasteiger partial charge in [0, 0.05) is 44.5 Å². The molecule has 492 valence electrons. The third kappa shape index (κ3) is 10.4. The van der Waals surface area contributed by atoms with Crippen LogP contribution in [0.4, 0.5) is 52.7 Å². The van der Waals surface area contributed by atoms with Crippen LogP contribution in [-0.4, -0.2) is 4.48 Å². The third-order valence-electron chi connectivity index (χ3n) is 21.0. The van der Waals surface area contributed by atoms with Gasteiger partial charge in [0.05, 0.1) is 22.3 Å². The largest absolute Gasteiger partial charge is 0.416 e. The molecule has 0 N–H and O–H groups in total. The molecule has 0 atom stereocenters. The molecule has 2 aliphatic heterocycles. The van der Waals surface area contributed by atoms with Crippen LogP contribution in [0.15, 0.2) is 267 Å². The van der Waals surface area contributed by atoms with Crippen molar-refractivity contribution in [2.75, 3.05) is 0 Å². The first kappa shape index (κ1) is 62.0. The van der Waals surface area contributed by atoms with Gasteiger partial charge < -0.3 is 4.48 Å². The zero-order valence-corrected chi connectivity index (χ0v) is 53.2. The lowest BCUT2D eigenvalue weighted by Gasteiger charge is -2.39. The van der Waals surface area contributed by atoms with Crippen molar-refractivity contribution in [2.24, 2.45) is 0 Å². The Labute approximate surface area is 569 Å². The number of nitrogens with zero attached hydrogens (tertiary/aromatic N) is 1. The number of alkyl halides is 12. The van der Waals surface area contributed by atoms with Crippen molar-refractivity contribution in [3.05, 3.63) is 311 Å². The second-order valence-corrected chi connectivity index (χ2v) is 27.1. The van der Waals surface area contributed by atoms with Gasteiger partial charge in [-0.3, -0.25) is 0 Å². The van der Waals surface area contributed by atoms with Gasteiger partial charge in [0.1, 0.15) is 26.2 Å². The minimum Gasteiger partial charge on any atom is -0.308 e. The molecule has 16 aromatic rings. The summed E-state index contributed by atoms with van der Waals surface area (Å²) in [5.74, 6) is 0. The molecule has 0 fully saturated rings. The quantitative estimate of drug-likeness (QED) is 0.122. The number of rotatable bonds is 4. The minimum atomic E-state index is -4.59. The van der Waals surface area contributed by atoms with Gasteiger partial charge in [-0.1, -0.05) is 170 Å². The molecule has 0 aliphatic carbocycles. The first-order chi connectivity index (χ1) is 48.5. The Bertz CT molecular complexity index is 5470. The van der Waals surface area contributed by atoms with Crippen molar-refractivity contribution in [1.82, 2.24) is 0 Å². The van der Waals surface area contributed by atoms with Gasteiger partial charge >= 0.3 is 24.7 Å². The Kier molecular flexibility index (Phi) is 13.7. The molecular weight excluding hydrogens is 1300 g/mol. The summed E-state index contributed by atoms with van der Waals surface area (Å²) >= 11 is 0. The summed E-state index contributed by atoms with van der Waals surface area (Å²) in [4.78, 5) is 0. The highest BCUT2D eigenvalue weighted by atomic mass is 19.4. The van der Waals surface area contributed by atoms with E-state index in [4.69, 9.17) is 0 Å². The van der Waals surface area contributed by atoms with Crippen LogP contribution in [0.5, 0.6) is 0 Å². The predicted molar refractivity (Wildman–Crippen MR) is 381 cm³/mol. The molecule has 0 aromatic heterocycles. The highest BCUT2D eigenvalue weighted by Gasteiger charge is 2.44. The van der Waals surface area contributed by atoms with E-state index in [1.54, 1.807) is 24.3 Å². The Morgan fingerprint density at radius 1 is 0.198 bits per heavy atom. The number of benzene rings is 16. The summed E-state index contributed by atoms with van der Waals surface area (Å²) in [5.41, 5.74) is 10.6. The lowest BCUT2D eigenvalue weighted by molar-refractivity contribution is -0.977. The Balaban J connectivity index is 0.996. The molecule has 13 heteroatoms. The fourth-order valence-corrected chi connectivity index (χ4v) is 16.4. The molecule has 2 heterocycles. The zero-order valence-electron chi connectivity index (χ0n) is 53.2. The summed E-state index contributed by atoms with van der Waals surface area (Å²) in [7, 11) is 0. The summed E-state index contributed by atoms with van der Waals surface area (Å²) < 4.78 is 173. The average molecular weight is 1350 g/mol. The van der Waals surface area contributed by atoms with Crippen molar-refractivity contribution in [1.29, 1.82) is 0 Å². The maximum atomic E-state index is 14.4. The van der Waals surface area contributed by atoms with E-state index in [0.29, 0.717) is 69.3 Å². The van der Waals surface area contributed by atoms with Crippen molar-refractivity contribution in [3.8, 4) is 66.8 Å². The Hall–Kier alpha value is -11.3. The number of hydrogen-bond acceptors (Lipinski definition) is 0. The van der Waals surface area contributed by atoms with E-state index >= 15 is 0 Å². The standard InChI is InChI=1S/C88H52F12N/c89-85(90,91)65-29-25-49-33-61(21-17-53(49)37-65)73-41-57-9-1-5-13-69(57)81-77(73)45-101(46-78-74(42-58-10-2-6-14-70(58)82(78)81)62-22-18-54-38-66(86(92,93)94)30-26-50(54)34-62)47-79-75(63-23-19-55-39-67(87(95,96)97)31-27-51(55)35-63)43-59-11-3-7-15-71(59)83(79)84-72-16-8-4-12-60(72)44-76(80(84)48-101)64-24-20-56-40-68(88(98,99)100)32-28-52(56)36-64/h1-44H,45-48H2/q+1. The summed E-state index contributed by atoms with van der Waals surface area (Å²) in [5, 5.41) is 11.2. The first-order valence-corrected chi connectivity index (χ1v) is 33.0. The lowest BCUT2D eigenvalue weighted by atomic mass is 9.82. The second kappa shape index (κ2) is 22.4. The topological polar surface area (TPSA) is 0 Å². The van der Waals surface area contributed by atoms with Gasteiger partial charge in [0.25, 0.3) is 0 Å². The van der Waals surface area contributed by atoms with Gasteiger partial charge in [-0.2, -0.15) is 52.7 Å². The molecular formula is C88H52F12N+. The van der Waals surface area contributed by atoms with E-state index < -0.39 is 47.0 Å². The van der Waals surface area contributed by atoms with Crippen LogP contribution in [0.2, 0.25) is 0 Å². The molecule has 0 unspecified atom stereocenters. The van der Waals surface area contributed by atoms with E-state index in [1.165, 1.54) is 24.3 Å². The fraction of sp³-hybridized carbons (Fsp3) is 0.0909. The third-order valence-corrected chi connectivity index (χ3v) is 21.0. The molecule has 101 heavy (non-hydrogen) atoms.